The highest BCUT2D eigenvalue weighted by Gasteiger charge is 2.11. The van der Waals surface area contributed by atoms with Crippen LogP contribution in [0.2, 0.25) is 0 Å². The second kappa shape index (κ2) is 4.34. The number of hydrogen-bond acceptors (Lipinski definition) is 0. The Balaban J connectivity index is 2.31. The molecule has 0 aliphatic heterocycles. The smallest absolute Gasteiger partial charge is 0.0531 e. The van der Waals surface area contributed by atoms with Gasteiger partial charge in [-0.3, -0.25) is 0 Å². The van der Waals surface area contributed by atoms with Crippen molar-refractivity contribution in [2.75, 3.05) is 0 Å². The van der Waals surface area contributed by atoms with Gasteiger partial charge in [0.05, 0.1) is 5.69 Å². The van der Waals surface area contributed by atoms with Gasteiger partial charge in [-0.2, -0.15) is 0 Å². The molecule has 0 saturated heterocycles. The lowest BCUT2D eigenvalue weighted by Gasteiger charge is -2.03. The molecule has 18 heavy (non-hydrogen) atoms. The molecule has 0 fully saturated rings. The maximum atomic E-state index is 2.31. The minimum Gasteiger partial charge on any atom is -0.316 e. The van der Waals surface area contributed by atoms with Gasteiger partial charge in [0, 0.05) is 11.7 Å². The molecule has 0 saturated carbocycles. The van der Waals surface area contributed by atoms with Crippen molar-refractivity contribution >= 4 is 5.52 Å². The van der Waals surface area contributed by atoms with E-state index in [9.17, 15) is 0 Å². The molecule has 0 bridgehead atoms. The van der Waals surface area contributed by atoms with Crippen LogP contribution in [0.1, 0.15) is 25.3 Å². The van der Waals surface area contributed by atoms with E-state index < -0.39 is 0 Å². The Labute approximate surface area is 108 Å². The largest absolute Gasteiger partial charge is 0.316 e. The highest BCUT2D eigenvalue weighted by Crippen LogP contribution is 2.30. The van der Waals surface area contributed by atoms with Crippen LogP contribution in [-0.4, -0.2) is 4.40 Å². The fraction of sp³-hybridized carbons (Fsp3) is 0.176. The van der Waals surface area contributed by atoms with Gasteiger partial charge in [0.15, 0.2) is 0 Å². The minimum absolute atomic E-state index is 0.542. The van der Waals surface area contributed by atoms with Gasteiger partial charge < -0.3 is 4.40 Å². The molecule has 1 nitrogen and oxygen atoms in total. The van der Waals surface area contributed by atoms with Crippen LogP contribution >= 0.6 is 0 Å². The molecule has 90 valence electrons. The van der Waals surface area contributed by atoms with Crippen LogP contribution in [0.25, 0.3) is 16.8 Å². The molecule has 1 heteroatoms. The van der Waals surface area contributed by atoms with E-state index >= 15 is 0 Å². The quantitative estimate of drug-likeness (QED) is 0.605. The van der Waals surface area contributed by atoms with Gasteiger partial charge in [-0.1, -0.05) is 50.2 Å². The highest BCUT2D eigenvalue weighted by molar-refractivity contribution is 5.71. The first kappa shape index (κ1) is 11.1. The van der Waals surface area contributed by atoms with Gasteiger partial charge in [0.25, 0.3) is 0 Å². The molecular formula is C17H17N. The Kier molecular flexibility index (Phi) is 2.67. The summed E-state index contributed by atoms with van der Waals surface area (Å²) in [6, 6.07) is 19.3. The molecule has 2 heterocycles. The Morgan fingerprint density at radius 1 is 0.889 bits per heavy atom. The highest BCUT2D eigenvalue weighted by atomic mass is 14.9. The number of pyridine rings is 1. The van der Waals surface area contributed by atoms with Crippen LogP contribution < -0.4 is 0 Å². The molecule has 3 aromatic rings. The molecule has 0 aliphatic rings. The average molecular weight is 235 g/mol. The summed E-state index contributed by atoms with van der Waals surface area (Å²) in [6.45, 7) is 4.49. The van der Waals surface area contributed by atoms with E-state index in [0.717, 1.165) is 0 Å². The normalized spacial score (nSPS) is 11.3. The van der Waals surface area contributed by atoms with Crippen LogP contribution in [-0.2, 0) is 0 Å². The van der Waals surface area contributed by atoms with Crippen LogP contribution in [0.4, 0.5) is 0 Å². The Morgan fingerprint density at radius 3 is 2.33 bits per heavy atom. The van der Waals surface area contributed by atoms with Gasteiger partial charge in [0.1, 0.15) is 0 Å². The van der Waals surface area contributed by atoms with Crippen molar-refractivity contribution in [3.63, 3.8) is 0 Å². The third kappa shape index (κ3) is 1.72. The van der Waals surface area contributed by atoms with Crippen molar-refractivity contribution in [3.05, 3.63) is 66.4 Å². The summed E-state index contributed by atoms with van der Waals surface area (Å²) < 4.78 is 2.28. The van der Waals surface area contributed by atoms with Crippen molar-refractivity contribution in [2.24, 2.45) is 0 Å². The lowest BCUT2D eigenvalue weighted by Crippen LogP contribution is -1.88. The lowest BCUT2D eigenvalue weighted by molar-refractivity contribution is 0.877. The second-order valence-electron chi connectivity index (χ2n) is 4.96. The molecule has 0 aliphatic carbocycles. The summed E-state index contributed by atoms with van der Waals surface area (Å²) in [7, 11) is 0. The van der Waals surface area contributed by atoms with E-state index in [4.69, 9.17) is 0 Å². The van der Waals surface area contributed by atoms with Gasteiger partial charge in [-0.05, 0) is 35.2 Å². The molecule has 0 radical (unpaired) electrons. The zero-order chi connectivity index (χ0) is 12.5. The first-order valence-corrected chi connectivity index (χ1v) is 6.43. The number of fused-ring (bicyclic) bond motifs is 1. The maximum absolute atomic E-state index is 2.31. The van der Waals surface area contributed by atoms with E-state index in [1.165, 1.54) is 22.3 Å². The number of benzene rings is 1. The third-order valence-electron chi connectivity index (χ3n) is 3.40. The van der Waals surface area contributed by atoms with Crippen LogP contribution in [0.3, 0.4) is 0 Å². The molecule has 1 aromatic carbocycles. The Bertz CT molecular complexity index is 662. The standard InChI is InChI=1S/C17H17N/c1-13(2)15-12-17(14-8-4-3-5-9-14)18-11-7-6-10-16(15)18/h3-13H,1-2H3. The van der Waals surface area contributed by atoms with Crippen LogP contribution in [0.5, 0.6) is 0 Å². The monoisotopic (exact) mass is 235 g/mol. The molecular weight excluding hydrogens is 218 g/mol. The van der Waals surface area contributed by atoms with Crippen molar-refractivity contribution < 1.29 is 0 Å². The van der Waals surface area contributed by atoms with Crippen molar-refractivity contribution in [2.45, 2.75) is 19.8 Å². The minimum atomic E-state index is 0.542. The van der Waals surface area contributed by atoms with E-state index in [1.54, 1.807) is 0 Å². The van der Waals surface area contributed by atoms with Crippen LogP contribution in [0, 0.1) is 0 Å². The van der Waals surface area contributed by atoms with Crippen molar-refractivity contribution in [1.82, 2.24) is 4.40 Å². The Morgan fingerprint density at radius 2 is 1.61 bits per heavy atom. The van der Waals surface area contributed by atoms with E-state index in [1.807, 2.05) is 0 Å². The maximum Gasteiger partial charge on any atom is 0.0531 e. The molecule has 0 atom stereocenters. The number of rotatable bonds is 2. The topological polar surface area (TPSA) is 4.41 Å². The van der Waals surface area contributed by atoms with Gasteiger partial charge >= 0.3 is 0 Å². The molecule has 0 spiro atoms. The van der Waals surface area contributed by atoms with E-state index in [0.29, 0.717) is 5.92 Å². The van der Waals surface area contributed by atoms with E-state index in [2.05, 4.69) is 79.0 Å². The fourth-order valence-electron chi connectivity index (χ4n) is 2.47. The first-order valence-electron chi connectivity index (χ1n) is 6.43. The summed E-state index contributed by atoms with van der Waals surface area (Å²) in [5, 5.41) is 0. The summed E-state index contributed by atoms with van der Waals surface area (Å²) in [5.41, 5.74) is 5.27. The number of nitrogens with zero attached hydrogens (tertiary/aromatic N) is 1. The SMILES string of the molecule is CC(C)c1cc(-c2ccccc2)n2ccccc12. The predicted molar refractivity (Wildman–Crippen MR) is 76.9 cm³/mol. The Hall–Kier alpha value is -2.02. The number of aromatic nitrogens is 1. The number of hydrogen-bond donors (Lipinski definition) is 0. The van der Waals surface area contributed by atoms with Crippen LogP contribution in [0.15, 0.2) is 60.8 Å². The lowest BCUT2D eigenvalue weighted by atomic mass is 10.0. The fourth-order valence-corrected chi connectivity index (χ4v) is 2.47. The summed E-state index contributed by atoms with van der Waals surface area (Å²) in [4.78, 5) is 0. The summed E-state index contributed by atoms with van der Waals surface area (Å²) in [5.74, 6) is 0.542. The molecule has 0 N–H and O–H groups in total. The zero-order valence-corrected chi connectivity index (χ0v) is 10.8. The molecule has 0 amide bonds. The van der Waals surface area contributed by atoms with Crippen molar-refractivity contribution in [3.8, 4) is 11.3 Å². The molecule has 0 unspecified atom stereocenters. The second-order valence-corrected chi connectivity index (χ2v) is 4.96. The first-order chi connectivity index (χ1) is 8.77. The third-order valence-corrected chi connectivity index (χ3v) is 3.40. The summed E-state index contributed by atoms with van der Waals surface area (Å²) in [6.07, 6.45) is 2.14. The summed E-state index contributed by atoms with van der Waals surface area (Å²) >= 11 is 0. The molecule has 3 rings (SSSR count). The van der Waals surface area contributed by atoms with Gasteiger partial charge in [0.2, 0.25) is 0 Å². The van der Waals surface area contributed by atoms with Gasteiger partial charge in [-0.25, -0.2) is 0 Å². The average Bonchev–Trinajstić information content (AvgIpc) is 2.79. The molecule has 2 aromatic heterocycles. The predicted octanol–water partition coefficient (Wildman–Crippen LogP) is 4.73. The van der Waals surface area contributed by atoms with Gasteiger partial charge in [-0.15, -0.1) is 0 Å². The van der Waals surface area contributed by atoms with E-state index in [-0.39, 0.29) is 0 Å². The van der Waals surface area contributed by atoms with Crippen molar-refractivity contribution in [1.29, 1.82) is 0 Å². The zero-order valence-electron chi connectivity index (χ0n) is 10.8.